The number of anilines is 1. The van der Waals surface area contributed by atoms with Crippen LogP contribution in [0, 0.1) is 17.8 Å². The summed E-state index contributed by atoms with van der Waals surface area (Å²) in [5, 5.41) is 30.7. The summed E-state index contributed by atoms with van der Waals surface area (Å²) in [4.78, 5) is 34.9. The molecule has 13 nitrogen and oxygen atoms in total. The Bertz CT molecular complexity index is 1380. The number of aromatic nitrogens is 4. The van der Waals surface area contributed by atoms with Crippen molar-refractivity contribution in [2.45, 2.75) is 56.3 Å². The zero-order valence-electron chi connectivity index (χ0n) is 20.3. The summed E-state index contributed by atoms with van der Waals surface area (Å²) in [6, 6.07) is 5.56. The molecule has 0 radical (unpaired) electrons. The van der Waals surface area contributed by atoms with Crippen molar-refractivity contribution in [3.8, 4) is 11.8 Å². The van der Waals surface area contributed by atoms with E-state index in [2.05, 4.69) is 26.8 Å². The average Bonchev–Trinajstić information content (AvgIpc) is 3.44. The van der Waals surface area contributed by atoms with Crippen LogP contribution >= 0.6 is 0 Å². The third-order valence-electron chi connectivity index (χ3n) is 6.47. The summed E-state index contributed by atoms with van der Waals surface area (Å²) in [5.41, 5.74) is 18.4. The molecule has 0 unspecified atom stereocenters. The molecule has 1 aliphatic rings. The van der Waals surface area contributed by atoms with Crippen LogP contribution < -0.4 is 17.2 Å². The Morgan fingerprint density at radius 1 is 1.16 bits per heavy atom. The van der Waals surface area contributed by atoms with Crippen molar-refractivity contribution in [2.24, 2.45) is 17.4 Å². The Hall–Kier alpha value is -4.09. The molecule has 0 bridgehead atoms. The van der Waals surface area contributed by atoms with Gasteiger partial charge in [0, 0.05) is 17.0 Å². The second kappa shape index (κ2) is 11.5. The van der Waals surface area contributed by atoms with Crippen molar-refractivity contribution in [2.75, 3.05) is 5.73 Å². The lowest BCUT2D eigenvalue weighted by atomic mass is 9.92. The number of imidazole rings is 1. The first kappa shape index (κ1) is 27.0. The number of primary amides is 1. The molecule has 1 amide bonds. The number of aliphatic hydroxyl groups excluding tert-OH is 2. The largest absolute Gasteiger partial charge is 0.480 e. The van der Waals surface area contributed by atoms with E-state index in [1.807, 2.05) is 0 Å². The minimum absolute atomic E-state index is 0.175. The maximum Gasteiger partial charge on any atom is 0.320 e. The van der Waals surface area contributed by atoms with Gasteiger partial charge in [0.15, 0.2) is 17.7 Å². The SMILES string of the molecule is NC(=O)c1cccc(C#C[C@@H](CCC[C@H](N)C(=O)O)C[C@H]2O[C@@H](n3cnc4c(N)ncnc43)[C@H](O)[C@@H]2O)c1. The molecule has 3 heterocycles. The number of fused-ring (bicyclic) bond motifs is 1. The molecule has 4 rings (SSSR count). The number of hydrogen-bond acceptors (Lipinski definition) is 10. The van der Waals surface area contributed by atoms with Crippen molar-refractivity contribution in [3.05, 3.63) is 48.0 Å². The van der Waals surface area contributed by atoms with Crippen LogP contribution in [0.2, 0.25) is 0 Å². The summed E-state index contributed by atoms with van der Waals surface area (Å²) in [7, 11) is 0. The van der Waals surface area contributed by atoms with E-state index in [1.165, 1.54) is 17.2 Å². The highest BCUT2D eigenvalue weighted by atomic mass is 16.6. The molecule has 6 atom stereocenters. The highest BCUT2D eigenvalue weighted by Crippen LogP contribution is 2.35. The number of nitrogen functional groups attached to an aromatic ring is 1. The predicted octanol–water partition coefficient (Wildman–Crippen LogP) is -0.233. The van der Waals surface area contributed by atoms with Crippen LogP contribution in [0.4, 0.5) is 5.82 Å². The number of carbonyl (C=O) groups excluding carboxylic acids is 1. The van der Waals surface area contributed by atoms with Crippen LogP contribution in [0.1, 0.15) is 47.8 Å². The molecule has 1 fully saturated rings. The number of ether oxygens (including phenoxy) is 1. The standard InChI is InChI=1S/C25H29N7O6/c26-16(25(36)37)6-2-4-14(8-7-13-3-1-5-15(9-13)22(28)35)10-17-19(33)20(34)24(38-17)32-12-31-18-21(27)29-11-30-23(18)32/h1,3,5,9,11-12,14,16-17,19-20,24,33-34H,2,4,6,10,26H2,(H2,28,35)(H,36,37)(H2,27,29,30)/t14-,16+,17-,19-,20-,24-/m1/s1. The van der Waals surface area contributed by atoms with Crippen LogP contribution in [0.3, 0.4) is 0 Å². The molecular formula is C25H29N7O6. The van der Waals surface area contributed by atoms with Gasteiger partial charge in [-0.25, -0.2) is 15.0 Å². The Labute approximate surface area is 217 Å². The van der Waals surface area contributed by atoms with Gasteiger partial charge in [0.25, 0.3) is 0 Å². The van der Waals surface area contributed by atoms with Gasteiger partial charge in [-0.1, -0.05) is 24.3 Å². The first-order chi connectivity index (χ1) is 18.2. The molecule has 0 spiro atoms. The number of nitrogens with two attached hydrogens (primary N) is 3. The van der Waals surface area contributed by atoms with Gasteiger partial charge >= 0.3 is 5.97 Å². The lowest BCUT2D eigenvalue weighted by molar-refractivity contribution is -0.138. The molecular weight excluding hydrogens is 494 g/mol. The topological polar surface area (TPSA) is 226 Å². The van der Waals surface area contributed by atoms with Gasteiger partial charge in [-0.15, -0.1) is 0 Å². The summed E-state index contributed by atoms with van der Waals surface area (Å²) in [5.74, 6) is 4.31. The average molecular weight is 524 g/mol. The van der Waals surface area contributed by atoms with Gasteiger partial charge in [-0.05, 0) is 37.5 Å². The van der Waals surface area contributed by atoms with Crippen molar-refractivity contribution >= 4 is 28.9 Å². The number of nitrogens with zero attached hydrogens (tertiary/aromatic N) is 4. The third-order valence-corrected chi connectivity index (χ3v) is 6.47. The van der Waals surface area contributed by atoms with Crippen molar-refractivity contribution in [1.29, 1.82) is 0 Å². The number of rotatable bonds is 9. The summed E-state index contributed by atoms with van der Waals surface area (Å²) < 4.78 is 7.54. The number of carboxylic acids is 1. The Kier molecular flexibility index (Phi) is 8.18. The molecule has 0 saturated carbocycles. The molecule has 0 aliphatic carbocycles. The lowest BCUT2D eigenvalue weighted by Gasteiger charge is -2.19. The molecule has 1 aliphatic heterocycles. The number of hydrogen-bond donors (Lipinski definition) is 6. The van der Waals surface area contributed by atoms with Crippen LogP contribution in [0.25, 0.3) is 11.2 Å². The van der Waals surface area contributed by atoms with Crippen molar-refractivity contribution in [1.82, 2.24) is 19.5 Å². The van der Waals surface area contributed by atoms with Gasteiger partial charge in [0.05, 0.1) is 12.4 Å². The van der Waals surface area contributed by atoms with E-state index in [1.54, 1.807) is 24.3 Å². The monoisotopic (exact) mass is 523 g/mol. The van der Waals surface area contributed by atoms with E-state index >= 15 is 0 Å². The highest BCUT2D eigenvalue weighted by Gasteiger charge is 2.44. The van der Waals surface area contributed by atoms with Crippen molar-refractivity contribution < 1.29 is 29.6 Å². The molecule has 3 aromatic rings. The fourth-order valence-electron chi connectivity index (χ4n) is 4.38. The van der Waals surface area contributed by atoms with Crippen LogP contribution in [0.15, 0.2) is 36.9 Å². The highest BCUT2D eigenvalue weighted by molar-refractivity contribution is 5.93. The molecule has 13 heteroatoms. The van der Waals surface area contributed by atoms with Crippen LogP contribution in [0.5, 0.6) is 0 Å². The van der Waals surface area contributed by atoms with E-state index in [0.717, 1.165) is 0 Å². The molecule has 1 aromatic carbocycles. The second-order valence-corrected chi connectivity index (χ2v) is 9.15. The number of amides is 1. The summed E-state index contributed by atoms with van der Waals surface area (Å²) in [6.45, 7) is 0. The fourth-order valence-corrected chi connectivity index (χ4v) is 4.38. The minimum Gasteiger partial charge on any atom is -0.480 e. The van der Waals surface area contributed by atoms with Gasteiger partial charge < -0.3 is 37.3 Å². The number of benzene rings is 1. The first-order valence-electron chi connectivity index (χ1n) is 12.0. The van der Waals surface area contributed by atoms with E-state index in [-0.39, 0.29) is 24.6 Å². The maximum absolute atomic E-state index is 11.5. The summed E-state index contributed by atoms with van der Waals surface area (Å²) in [6.07, 6.45) is -0.197. The number of carboxylic acid groups (broad SMARTS) is 1. The van der Waals surface area contributed by atoms with Gasteiger partial charge in [-0.3, -0.25) is 14.2 Å². The fraction of sp³-hybridized carbons (Fsp3) is 0.400. The first-order valence-corrected chi connectivity index (χ1v) is 12.0. The van der Waals surface area contributed by atoms with Crippen LogP contribution in [-0.2, 0) is 9.53 Å². The Morgan fingerprint density at radius 3 is 2.68 bits per heavy atom. The maximum atomic E-state index is 11.5. The molecule has 2 aromatic heterocycles. The molecule has 9 N–H and O–H groups in total. The lowest BCUT2D eigenvalue weighted by Crippen LogP contribution is -2.32. The van der Waals surface area contributed by atoms with E-state index in [4.69, 9.17) is 27.0 Å². The number of aliphatic hydroxyl groups is 2. The molecule has 200 valence electrons. The summed E-state index contributed by atoms with van der Waals surface area (Å²) >= 11 is 0. The second-order valence-electron chi connectivity index (χ2n) is 9.15. The number of aliphatic carboxylic acids is 1. The third kappa shape index (κ3) is 5.90. The number of carbonyl (C=O) groups is 2. The van der Waals surface area contributed by atoms with E-state index in [9.17, 15) is 19.8 Å². The van der Waals surface area contributed by atoms with Crippen molar-refractivity contribution in [3.63, 3.8) is 0 Å². The van der Waals surface area contributed by atoms with Crippen LogP contribution in [-0.4, -0.2) is 71.1 Å². The minimum atomic E-state index is -1.28. The smallest absolute Gasteiger partial charge is 0.320 e. The normalized spacial score (nSPS) is 22.5. The zero-order valence-corrected chi connectivity index (χ0v) is 20.3. The zero-order chi connectivity index (χ0) is 27.4. The van der Waals surface area contributed by atoms with E-state index < -0.39 is 42.5 Å². The quantitative estimate of drug-likeness (QED) is 0.201. The van der Waals surface area contributed by atoms with Gasteiger partial charge in [0.1, 0.15) is 30.1 Å². The van der Waals surface area contributed by atoms with Gasteiger partial charge in [0.2, 0.25) is 5.91 Å². The van der Waals surface area contributed by atoms with Gasteiger partial charge in [-0.2, -0.15) is 0 Å². The molecule has 1 saturated heterocycles. The van der Waals surface area contributed by atoms with E-state index in [0.29, 0.717) is 35.1 Å². The Balaban J connectivity index is 1.53. The Morgan fingerprint density at radius 2 is 1.95 bits per heavy atom. The molecule has 38 heavy (non-hydrogen) atoms. The predicted molar refractivity (Wildman–Crippen MR) is 135 cm³/mol.